The van der Waals surface area contributed by atoms with Crippen LogP contribution in [0.3, 0.4) is 0 Å². The lowest BCUT2D eigenvalue weighted by Crippen LogP contribution is -2.41. The molecule has 0 unspecified atom stereocenters. The first-order valence-corrected chi connectivity index (χ1v) is 11.2. The van der Waals surface area contributed by atoms with Crippen LogP contribution in [0, 0.1) is 0 Å². The van der Waals surface area contributed by atoms with Crippen LogP contribution in [0.15, 0.2) is 71.0 Å². The van der Waals surface area contributed by atoms with E-state index < -0.39 is 5.41 Å². The third-order valence-corrected chi connectivity index (χ3v) is 7.07. The second-order valence-corrected chi connectivity index (χ2v) is 8.80. The molecule has 30 heavy (non-hydrogen) atoms. The van der Waals surface area contributed by atoms with Gasteiger partial charge in [-0.25, -0.2) is 0 Å². The van der Waals surface area contributed by atoms with Crippen LogP contribution in [0.2, 0.25) is 0 Å². The van der Waals surface area contributed by atoms with Crippen LogP contribution in [-0.2, 0) is 10.2 Å². The monoisotopic (exact) mass is 416 g/mol. The normalized spacial score (nSPS) is 17.3. The number of nitrogens with one attached hydrogen (secondary N) is 1. The maximum atomic E-state index is 13.3. The summed E-state index contributed by atoms with van der Waals surface area (Å²) in [6.07, 6.45) is 3.95. The van der Waals surface area contributed by atoms with Crippen LogP contribution in [-0.4, -0.2) is 12.6 Å². The average molecular weight is 417 g/mol. The van der Waals surface area contributed by atoms with Crippen molar-refractivity contribution in [3.63, 3.8) is 0 Å². The molecule has 0 spiro atoms. The van der Waals surface area contributed by atoms with Crippen molar-refractivity contribution in [3.8, 4) is 0 Å². The zero-order valence-electron chi connectivity index (χ0n) is 16.7. The van der Waals surface area contributed by atoms with Gasteiger partial charge in [-0.05, 0) is 54.1 Å². The first kappa shape index (κ1) is 18.9. The number of carbonyl (C=O) groups is 1. The first-order chi connectivity index (χ1) is 14.7. The summed E-state index contributed by atoms with van der Waals surface area (Å²) in [6.45, 7) is 0.502. The van der Waals surface area contributed by atoms with Crippen LogP contribution in [0.5, 0.6) is 0 Å². The van der Waals surface area contributed by atoms with Gasteiger partial charge in [-0.2, -0.15) is 0 Å². The lowest BCUT2D eigenvalue weighted by atomic mass is 9.78. The molecular formula is C24H24N4OS. The minimum Gasteiger partial charge on any atom is -0.384 e. The first-order valence-electron chi connectivity index (χ1n) is 10.3. The van der Waals surface area contributed by atoms with Gasteiger partial charge in [-0.3, -0.25) is 9.79 Å². The van der Waals surface area contributed by atoms with Gasteiger partial charge >= 0.3 is 0 Å². The predicted molar refractivity (Wildman–Crippen MR) is 122 cm³/mol. The van der Waals surface area contributed by atoms with Gasteiger partial charge in [0.1, 0.15) is 17.2 Å². The van der Waals surface area contributed by atoms with Crippen molar-refractivity contribution in [2.75, 3.05) is 16.9 Å². The smallest absolute Gasteiger partial charge is 0.235 e. The molecule has 152 valence electrons. The Kier molecular flexibility index (Phi) is 4.79. The molecule has 3 N–H and O–H groups in total. The summed E-state index contributed by atoms with van der Waals surface area (Å²) in [5.41, 5.74) is 8.81. The molecule has 1 aliphatic heterocycles. The summed E-state index contributed by atoms with van der Waals surface area (Å²) in [7, 11) is 0. The van der Waals surface area contributed by atoms with Crippen LogP contribution in [0.4, 0.5) is 11.4 Å². The number of amides is 1. The quantitative estimate of drug-likeness (QED) is 0.685. The van der Waals surface area contributed by atoms with Crippen LogP contribution in [0.1, 0.15) is 31.2 Å². The molecule has 3 aromatic rings. The SMILES string of the molecule is NC1=c2ccsc2=NCN1c1ccc(NC(=O)C2(c3ccccc3)CCCC2)cc1. The Hall–Kier alpha value is -3.12. The highest BCUT2D eigenvalue weighted by Crippen LogP contribution is 2.42. The summed E-state index contributed by atoms with van der Waals surface area (Å²) < 4.78 is 0.982. The number of thiophene rings is 1. The topological polar surface area (TPSA) is 70.7 Å². The largest absolute Gasteiger partial charge is 0.384 e. The van der Waals surface area contributed by atoms with Crippen LogP contribution < -0.4 is 25.8 Å². The van der Waals surface area contributed by atoms with E-state index in [1.807, 2.05) is 58.8 Å². The highest BCUT2D eigenvalue weighted by molar-refractivity contribution is 7.07. The molecule has 5 rings (SSSR count). The number of anilines is 2. The Morgan fingerprint density at radius 1 is 1.03 bits per heavy atom. The van der Waals surface area contributed by atoms with Crippen molar-refractivity contribution < 1.29 is 4.79 Å². The Labute approximate surface area is 179 Å². The Balaban J connectivity index is 1.37. The van der Waals surface area contributed by atoms with E-state index in [2.05, 4.69) is 22.4 Å². The standard InChI is InChI=1S/C24H24N4OS/c25-21-20-12-15-30-22(20)26-16-28(21)19-10-8-18(9-11-19)27-23(29)24(13-4-5-14-24)17-6-2-1-3-7-17/h1-3,6-12,15H,4-5,13-14,16,25H2,(H,27,29). The highest BCUT2D eigenvalue weighted by atomic mass is 32.1. The van der Waals surface area contributed by atoms with Gasteiger partial charge in [-0.15, -0.1) is 11.3 Å². The molecule has 0 atom stereocenters. The summed E-state index contributed by atoms with van der Waals surface area (Å²) in [4.78, 5) is 19.9. The molecule has 0 radical (unpaired) electrons. The molecule has 5 nitrogen and oxygen atoms in total. The Bertz CT molecular complexity index is 1180. The molecule has 1 aliphatic carbocycles. The van der Waals surface area contributed by atoms with E-state index in [9.17, 15) is 4.79 Å². The molecule has 0 bridgehead atoms. The zero-order valence-corrected chi connectivity index (χ0v) is 17.5. The molecular weight excluding hydrogens is 392 g/mol. The van der Waals surface area contributed by atoms with E-state index in [0.29, 0.717) is 12.5 Å². The van der Waals surface area contributed by atoms with E-state index in [1.165, 1.54) is 0 Å². The maximum Gasteiger partial charge on any atom is 0.235 e. The number of hydrogen-bond donors (Lipinski definition) is 2. The number of rotatable bonds is 4. The van der Waals surface area contributed by atoms with Gasteiger partial charge in [-0.1, -0.05) is 43.2 Å². The molecule has 2 aliphatic rings. The maximum absolute atomic E-state index is 13.3. The number of nitrogens with two attached hydrogens (primary N) is 1. The van der Waals surface area contributed by atoms with Gasteiger partial charge in [0, 0.05) is 11.4 Å². The van der Waals surface area contributed by atoms with E-state index >= 15 is 0 Å². The Morgan fingerprint density at radius 3 is 2.50 bits per heavy atom. The molecule has 6 heteroatoms. The highest BCUT2D eigenvalue weighted by Gasteiger charge is 2.42. The summed E-state index contributed by atoms with van der Waals surface area (Å²) in [6, 6.07) is 20.0. The molecule has 0 saturated heterocycles. The molecule has 2 aromatic carbocycles. The second kappa shape index (κ2) is 7.61. The van der Waals surface area contributed by atoms with Crippen molar-refractivity contribution in [2.45, 2.75) is 31.1 Å². The van der Waals surface area contributed by atoms with Crippen molar-refractivity contribution in [3.05, 3.63) is 81.5 Å². The number of benzene rings is 2. The lowest BCUT2D eigenvalue weighted by molar-refractivity contribution is -0.121. The third kappa shape index (κ3) is 3.17. The lowest BCUT2D eigenvalue weighted by Gasteiger charge is -2.28. The number of nitrogens with zero attached hydrogens (tertiary/aromatic N) is 2. The second-order valence-electron chi connectivity index (χ2n) is 7.91. The molecule has 1 amide bonds. The molecule has 1 saturated carbocycles. The predicted octanol–water partition coefficient (Wildman–Crippen LogP) is 3.32. The molecule has 2 heterocycles. The Morgan fingerprint density at radius 2 is 1.77 bits per heavy atom. The van der Waals surface area contributed by atoms with Gasteiger partial charge in [0.2, 0.25) is 5.91 Å². The van der Waals surface area contributed by atoms with Crippen molar-refractivity contribution in [1.82, 2.24) is 0 Å². The minimum absolute atomic E-state index is 0.0842. The van der Waals surface area contributed by atoms with Crippen LogP contribution in [0.25, 0.3) is 5.82 Å². The van der Waals surface area contributed by atoms with Crippen molar-refractivity contribution in [1.29, 1.82) is 0 Å². The minimum atomic E-state index is -0.431. The van der Waals surface area contributed by atoms with Crippen molar-refractivity contribution >= 4 is 34.4 Å². The molecule has 1 fully saturated rings. The number of hydrogen-bond acceptors (Lipinski definition) is 5. The van der Waals surface area contributed by atoms with Crippen LogP contribution >= 0.6 is 11.3 Å². The van der Waals surface area contributed by atoms with Gasteiger partial charge < -0.3 is 16.0 Å². The fraction of sp³-hybridized carbons (Fsp3) is 0.250. The zero-order chi connectivity index (χ0) is 20.6. The average Bonchev–Trinajstić information content (AvgIpc) is 3.46. The van der Waals surface area contributed by atoms with E-state index in [4.69, 9.17) is 5.73 Å². The summed E-state index contributed by atoms with van der Waals surface area (Å²) in [5, 5.41) is 6.15. The van der Waals surface area contributed by atoms with E-state index in [-0.39, 0.29) is 5.91 Å². The summed E-state index contributed by atoms with van der Waals surface area (Å²) in [5.74, 6) is 0.799. The number of carbonyl (C=O) groups excluding carboxylic acids is 1. The third-order valence-electron chi connectivity index (χ3n) is 6.22. The molecule has 1 aromatic heterocycles. The van der Waals surface area contributed by atoms with Gasteiger partial charge in [0.05, 0.1) is 10.6 Å². The fourth-order valence-corrected chi connectivity index (χ4v) is 5.32. The number of fused-ring (bicyclic) bond motifs is 1. The fourth-order valence-electron chi connectivity index (χ4n) is 4.55. The summed E-state index contributed by atoms with van der Waals surface area (Å²) >= 11 is 1.60. The van der Waals surface area contributed by atoms with Crippen molar-refractivity contribution in [2.24, 2.45) is 10.7 Å². The van der Waals surface area contributed by atoms with E-state index in [1.54, 1.807) is 11.3 Å². The van der Waals surface area contributed by atoms with Gasteiger partial charge in [0.15, 0.2) is 0 Å². The van der Waals surface area contributed by atoms with Gasteiger partial charge in [0.25, 0.3) is 0 Å². The van der Waals surface area contributed by atoms with E-state index in [0.717, 1.165) is 52.5 Å².